The Kier molecular flexibility index (Phi) is 3.75. The highest BCUT2D eigenvalue weighted by Crippen LogP contribution is 2.68. The highest BCUT2D eigenvalue weighted by molar-refractivity contribution is 8.00. The lowest BCUT2D eigenvalue weighted by Gasteiger charge is -2.61. The largest absolute Gasteiger partial charge is 0.298 e. The average Bonchev–Trinajstić information content (AvgIpc) is 2.23. The summed E-state index contributed by atoms with van der Waals surface area (Å²) in [7, 11) is 0. The van der Waals surface area contributed by atoms with Gasteiger partial charge < -0.3 is 0 Å². The zero-order chi connectivity index (χ0) is 12.8. The van der Waals surface area contributed by atoms with Crippen LogP contribution in [-0.4, -0.2) is 27.4 Å². The molecular weight excluding hydrogens is 242 g/mol. The Balaban J connectivity index is 2.95. The number of hydrogen-bond donors (Lipinski definition) is 0. The van der Waals surface area contributed by atoms with E-state index >= 15 is 0 Å². The normalized spacial score (nSPS) is 25.6. The molecule has 0 amide bonds. The van der Waals surface area contributed by atoms with E-state index in [1.807, 2.05) is 27.7 Å². The van der Waals surface area contributed by atoms with Crippen LogP contribution < -0.4 is 0 Å². The number of alkyl halides is 1. The maximum atomic E-state index is 12.1. The maximum absolute atomic E-state index is 12.1. The summed E-state index contributed by atoms with van der Waals surface area (Å²) in [4.78, 5) is 12.1. The van der Waals surface area contributed by atoms with Crippen LogP contribution >= 0.6 is 23.5 Å². The van der Waals surface area contributed by atoms with Gasteiger partial charge in [-0.1, -0.05) is 53.5 Å². The molecule has 94 valence electrons. The van der Waals surface area contributed by atoms with Gasteiger partial charge in [-0.25, -0.2) is 4.31 Å². The van der Waals surface area contributed by atoms with Crippen molar-refractivity contribution in [2.24, 2.45) is 10.8 Å². The number of rotatable bonds is 4. The van der Waals surface area contributed by atoms with Gasteiger partial charge in [-0.2, -0.15) is 0 Å². The molecule has 0 heterocycles. The molecule has 1 rings (SSSR count). The molecule has 16 heavy (non-hydrogen) atoms. The highest BCUT2D eigenvalue weighted by Gasteiger charge is 2.72. The van der Waals surface area contributed by atoms with Crippen LogP contribution in [0, 0.1) is 10.8 Å². The first-order chi connectivity index (χ1) is 7.15. The average molecular weight is 264 g/mol. The smallest absolute Gasteiger partial charge is 0.149 e. The standard InChI is InChI=1S/C12H22ClNOS/c1-7-14(8-2)16-12(13)10(3,4)9(15)11(12,5)6/h7-8H2,1-6H3. The number of carbonyl (C=O) groups excluding carboxylic acids is 1. The molecule has 0 spiro atoms. The van der Waals surface area contributed by atoms with Gasteiger partial charge in [-0.3, -0.25) is 4.79 Å². The fourth-order valence-electron chi connectivity index (χ4n) is 2.55. The second kappa shape index (κ2) is 4.18. The number of Topliss-reactive ketones (excluding diaryl/α,β-unsaturated/α-hetero) is 1. The summed E-state index contributed by atoms with van der Waals surface area (Å²) in [6.45, 7) is 13.9. The van der Waals surface area contributed by atoms with Gasteiger partial charge in [0.15, 0.2) is 0 Å². The molecule has 4 heteroatoms. The van der Waals surface area contributed by atoms with Crippen molar-refractivity contribution >= 4 is 29.3 Å². The number of nitrogens with zero attached hydrogens (tertiary/aromatic N) is 1. The third-order valence-corrected chi connectivity index (χ3v) is 6.90. The van der Waals surface area contributed by atoms with E-state index in [2.05, 4.69) is 18.2 Å². The fraction of sp³-hybridized carbons (Fsp3) is 0.917. The molecule has 0 aromatic heterocycles. The molecule has 0 unspecified atom stereocenters. The van der Waals surface area contributed by atoms with E-state index < -0.39 is 15.0 Å². The van der Waals surface area contributed by atoms with E-state index in [0.29, 0.717) is 0 Å². The lowest BCUT2D eigenvalue weighted by atomic mass is 9.54. The zero-order valence-electron chi connectivity index (χ0n) is 11.1. The quantitative estimate of drug-likeness (QED) is 0.572. The molecule has 0 aliphatic heterocycles. The highest BCUT2D eigenvalue weighted by atomic mass is 35.5. The summed E-state index contributed by atoms with van der Waals surface area (Å²) < 4.78 is 1.69. The van der Waals surface area contributed by atoms with Crippen molar-refractivity contribution in [3.8, 4) is 0 Å². The van der Waals surface area contributed by atoms with Crippen molar-refractivity contribution in [2.45, 2.75) is 45.7 Å². The van der Waals surface area contributed by atoms with E-state index in [-0.39, 0.29) is 5.78 Å². The molecule has 1 fully saturated rings. The third-order valence-electron chi connectivity index (χ3n) is 3.70. The van der Waals surface area contributed by atoms with E-state index in [1.54, 1.807) is 11.9 Å². The predicted octanol–water partition coefficient (Wildman–Crippen LogP) is 3.55. The van der Waals surface area contributed by atoms with Crippen LogP contribution in [-0.2, 0) is 4.79 Å². The predicted molar refractivity (Wildman–Crippen MR) is 71.7 cm³/mol. The van der Waals surface area contributed by atoms with Crippen molar-refractivity contribution in [1.29, 1.82) is 0 Å². The summed E-state index contributed by atoms with van der Waals surface area (Å²) in [6, 6.07) is 0. The molecule has 0 bridgehead atoms. The summed E-state index contributed by atoms with van der Waals surface area (Å²) in [6.07, 6.45) is 0. The lowest BCUT2D eigenvalue weighted by molar-refractivity contribution is -0.153. The number of ketones is 1. The van der Waals surface area contributed by atoms with Crippen LogP contribution in [0.3, 0.4) is 0 Å². The summed E-state index contributed by atoms with van der Waals surface area (Å²) in [5, 5.41) is 0. The zero-order valence-corrected chi connectivity index (χ0v) is 12.6. The molecule has 1 saturated carbocycles. The van der Waals surface area contributed by atoms with Gasteiger partial charge in [0.05, 0.1) is 10.8 Å². The second-order valence-electron chi connectivity index (χ2n) is 5.38. The third kappa shape index (κ3) is 1.63. The fourth-order valence-corrected chi connectivity index (χ4v) is 4.27. The first-order valence-electron chi connectivity index (χ1n) is 5.83. The van der Waals surface area contributed by atoms with E-state index in [0.717, 1.165) is 13.1 Å². The molecule has 0 aromatic carbocycles. The molecule has 0 N–H and O–H groups in total. The van der Waals surface area contributed by atoms with Crippen molar-refractivity contribution < 1.29 is 4.79 Å². The van der Waals surface area contributed by atoms with Crippen molar-refractivity contribution in [2.75, 3.05) is 13.1 Å². The molecule has 1 aliphatic carbocycles. The Labute approximate surface area is 108 Å². The van der Waals surface area contributed by atoms with Crippen molar-refractivity contribution in [1.82, 2.24) is 4.31 Å². The molecule has 0 saturated heterocycles. The van der Waals surface area contributed by atoms with Gasteiger partial charge >= 0.3 is 0 Å². The van der Waals surface area contributed by atoms with Crippen LogP contribution in [0.5, 0.6) is 0 Å². The molecule has 0 radical (unpaired) electrons. The Hall–Kier alpha value is 0.270. The van der Waals surface area contributed by atoms with Crippen LogP contribution in [0.15, 0.2) is 0 Å². The van der Waals surface area contributed by atoms with Crippen molar-refractivity contribution in [3.63, 3.8) is 0 Å². The van der Waals surface area contributed by atoms with Crippen LogP contribution in [0.2, 0.25) is 0 Å². The van der Waals surface area contributed by atoms with E-state index in [9.17, 15) is 4.79 Å². The van der Waals surface area contributed by atoms with Crippen LogP contribution in [0.4, 0.5) is 0 Å². The SMILES string of the molecule is CCN(CC)SC1(Cl)C(C)(C)C(=O)C1(C)C. The first kappa shape index (κ1) is 14.3. The number of halogens is 1. The number of hydrogen-bond acceptors (Lipinski definition) is 3. The van der Waals surface area contributed by atoms with Crippen LogP contribution in [0.1, 0.15) is 41.5 Å². The second-order valence-corrected chi connectivity index (χ2v) is 7.48. The molecular formula is C12H22ClNOS. The summed E-state index contributed by atoms with van der Waals surface area (Å²) in [5.41, 5.74) is -0.906. The van der Waals surface area contributed by atoms with Gasteiger partial charge in [-0.15, -0.1) is 11.6 Å². The Morgan fingerprint density at radius 3 is 1.81 bits per heavy atom. The Morgan fingerprint density at radius 1 is 1.12 bits per heavy atom. The Bertz CT molecular complexity index is 279. The van der Waals surface area contributed by atoms with Crippen molar-refractivity contribution in [3.05, 3.63) is 0 Å². The Morgan fingerprint density at radius 2 is 1.50 bits per heavy atom. The van der Waals surface area contributed by atoms with Crippen LogP contribution in [0.25, 0.3) is 0 Å². The number of carbonyl (C=O) groups is 1. The minimum absolute atomic E-state index is 0.259. The van der Waals surface area contributed by atoms with Gasteiger partial charge in [0.1, 0.15) is 9.99 Å². The molecule has 0 aromatic rings. The lowest BCUT2D eigenvalue weighted by Crippen LogP contribution is -2.70. The van der Waals surface area contributed by atoms with Gasteiger partial charge in [-0.05, 0) is 0 Å². The minimum Gasteiger partial charge on any atom is -0.298 e. The van der Waals surface area contributed by atoms with Gasteiger partial charge in [0.25, 0.3) is 0 Å². The molecule has 1 aliphatic rings. The van der Waals surface area contributed by atoms with E-state index in [1.165, 1.54) is 0 Å². The van der Waals surface area contributed by atoms with Gasteiger partial charge in [0, 0.05) is 13.1 Å². The summed E-state index contributed by atoms with van der Waals surface area (Å²) in [5.74, 6) is 0.259. The monoisotopic (exact) mass is 263 g/mol. The minimum atomic E-state index is -0.525. The van der Waals surface area contributed by atoms with E-state index in [4.69, 9.17) is 11.6 Å². The summed E-state index contributed by atoms with van der Waals surface area (Å²) >= 11 is 8.37. The topological polar surface area (TPSA) is 20.3 Å². The van der Waals surface area contributed by atoms with Gasteiger partial charge in [0.2, 0.25) is 0 Å². The molecule has 0 atom stereocenters. The molecule has 2 nitrogen and oxygen atoms in total. The maximum Gasteiger partial charge on any atom is 0.149 e. The first-order valence-corrected chi connectivity index (χ1v) is 6.98.